The van der Waals surface area contributed by atoms with Crippen LogP contribution in [-0.2, 0) is 17.5 Å². The molecule has 2 aromatic carbocycles. The summed E-state index contributed by atoms with van der Waals surface area (Å²) in [5.74, 6) is -0.340. The summed E-state index contributed by atoms with van der Waals surface area (Å²) < 4.78 is 54.8. The van der Waals surface area contributed by atoms with E-state index in [9.17, 15) is 18.0 Å². The van der Waals surface area contributed by atoms with Gasteiger partial charge in [0.05, 0.1) is 11.1 Å². The van der Waals surface area contributed by atoms with Crippen LogP contribution in [0.1, 0.15) is 21.6 Å². The highest BCUT2D eigenvalue weighted by Gasteiger charge is 2.35. The fourth-order valence-corrected chi connectivity index (χ4v) is 2.72. The Morgan fingerprint density at radius 3 is 2.54 bits per heavy atom. The number of fused-ring (bicyclic) bond motifs is 1. The minimum Gasteiger partial charge on any atom is -0.455 e. The van der Waals surface area contributed by atoms with Gasteiger partial charge in [0.25, 0.3) is 0 Å². The second-order valence-corrected chi connectivity index (χ2v) is 5.95. The zero-order valence-corrected chi connectivity index (χ0v) is 14.2. The second kappa shape index (κ2) is 6.88. The summed E-state index contributed by atoms with van der Waals surface area (Å²) in [7, 11) is 0. The maximum Gasteiger partial charge on any atom is 0.417 e. The number of benzene rings is 2. The normalized spacial score (nSPS) is 11.7. The molecule has 142 valence electrons. The van der Waals surface area contributed by atoms with Crippen LogP contribution >= 0.6 is 0 Å². The number of carbonyl (C=O) groups excluding carboxylic acids is 1. The molecule has 4 aromatic rings. The molecule has 4 rings (SSSR count). The monoisotopic (exact) mass is 387 g/mol. The number of hydrogen-bond donors (Lipinski definition) is 0. The lowest BCUT2D eigenvalue weighted by molar-refractivity contribution is -0.138. The Morgan fingerprint density at radius 2 is 1.75 bits per heavy atom. The van der Waals surface area contributed by atoms with Crippen molar-refractivity contribution in [3.05, 3.63) is 77.5 Å². The maximum absolute atomic E-state index is 13.0. The predicted molar refractivity (Wildman–Crippen MR) is 92.3 cm³/mol. The summed E-state index contributed by atoms with van der Waals surface area (Å²) in [6.45, 7) is -0.339. The van der Waals surface area contributed by atoms with Crippen molar-refractivity contribution in [1.82, 2.24) is 5.16 Å². The fraction of sp³-hybridized carbons (Fsp3) is 0.100. The molecule has 0 aliphatic carbocycles. The molecule has 0 N–H and O–H groups in total. The molecule has 2 heterocycles. The number of para-hydroxylation sites is 1. The number of ether oxygens (including phenoxy) is 1. The molecular weight excluding hydrogens is 375 g/mol. The minimum atomic E-state index is -4.65. The number of esters is 1. The minimum absolute atomic E-state index is 0.244. The highest BCUT2D eigenvalue weighted by molar-refractivity contribution is 5.91. The van der Waals surface area contributed by atoms with Crippen LogP contribution < -0.4 is 0 Å². The van der Waals surface area contributed by atoms with E-state index < -0.39 is 23.3 Å². The number of furan rings is 1. The molecule has 0 saturated carbocycles. The average Bonchev–Trinajstić information content (AvgIpc) is 3.32. The predicted octanol–water partition coefficient (Wildman–Crippen LogP) is 5.46. The number of rotatable bonds is 4. The quantitative estimate of drug-likeness (QED) is 0.435. The van der Waals surface area contributed by atoms with E-state index in [0.29, 0.717) is 17.1 Å². The molecule has 0 atom stereocenters. The van der Waals surface area contributed by atoms with Crippen molar-refractivity contribution >= 4 is 16.9 Å². The molecule has 0 saturated heterocycles. The summed E-state index contributed by atoms with van der Waals surface area (Å²) in [4.78, 5) is 12.1. The van der Waals surface area contributed by atoms with Gasteiger partial charge in [-0.25, -0.2) is 4.79 Å². The van der Waals surface area contributed by atoms with Crippen molar-refractivity contribution in [2.24, 2.45) is 0 Å². The lowest BCUT2D eigenvalue weighted by Crippen LogP contribution is -2.15. The van der Waals surface area contributed by atoms with Gasteiger partial charge in [0.15, 0.2) is 5.76 Å². The summed E-state index contributed by atoms with van der Waals surface area (Å²) in [5.41, 5.74) is -0.696. The van der Waals surface area contributed by atoms with Crippen molar-refractivity contribution in [3.8, 4) is 11.5 Å². The molecule has 8 heteroatoms. The molecule has 5 nitrogen and oxygen atoms in total. The van der Waals surface area contributed by atoms with Gasteiger partial charge in [0.1, 0.15) is 17.9 Å². The Morgan fingerprint density at radius 1 is 1.00 bits per heavy atom. The SMILES string of the molecule is O=C(OCc1cc(-c2cc3ccccc3o2)on1)c1ccccc1C(F)(F)F. The lowest BCUT2D eigenvalue weighted by Gasteiger charge is -2.11. The third kappa shape index (κ3) is 3.48. The van der Waals surface area contributed by atoms with Gasteiger partial charge in [0, 0.05) is 11.5 Å². The van der Waals surface area contributed by atoms with Crippen LogP contribution in [0.4, 0.5) is 13.2 Å². The van der Waals surface area contributed by atoms with Crippen LogP contribution in [-0.4, -0.2) is 11.1 Å². The first-order chi connectivity index (χ1) is 13.4. The molecule has 0 radical (unpaired) electrons. The summed E-state index contributed by atoms with van der Waals surface area (Å²) in [5, 5.41) is 4.65. The topological polar surface area (TPSA) is 65.5 Å². The maximum atomic E-state index is 13.0. The first kappa shape index (κ1) is 17.8. The molecule has 0 fully saturated rings. The molecule has 0 aliphatic heterocycles. The van der Waals surface area contributed by atoms with E-state index in [-0.39, 0.29) is 12.3 Å². The van der Waals surface area contributed by atoms with E-state index in [0.717, 1.165) is 17.5 Å². The van der Waals surface area contributed by atoms with Gasteiger partial charge in [-0.3, -0.25) is 0 Å². The third-order valence-corrected chi connectivity index (χ3v) is 4.03. The summed E-state index contributed by atoms with van der Waals surface area (Å²) >= 11 is 0. The molecular formula is C20H12F3NO4. The standard InChI is InChI=1S/C20H12F3NO4/c21-20(22,23)15-7-3-2-6-14(15)19(25)26-11-13-10-18(28-24-13)17-9-12-5-1-4-8-16(12)27-17/h1-10H,11H2. The number of hydrogen-bond acceptors (Lipinski definition) is 5. The van der Waals surface area contributed by atoms with E-state index in [4.69, 9.17) is 13.7 Å². The number of nitrogens with zero attached hydrogens (tertiary/aromatic N) is 1. The van der Waals surface area contributed by atoms with Gasteiger partial charge in [0.2, 0.25) is 5.76 Å². The van der Waals surface area contributed by atoms with Gasteiger partial charge in [-0.15, -0.1) is 0 Å². The first-order valence-electron chi connectivity index (χ1n) is 8.20. The Hall–Kier alpha value is -3.55. The van der Waals surface area contributed by atoms with Crippen LogP contribution in [0.15, 0.2) is 69.6 Å². The Balaban J connectivity index is 1.49. The largest absolute Gasteiger partial charge is 0.455 e. The number of carbonyl (C=O) groups is 1. The number of aromatic nitrogens is 1. The van der Waals surface area contributed by atoms with Gasteiger partial charge >= 0.3 is 12.1 Å². The van der Waals surface area contributed by atoms with Crippen molar-refractivity contribution in [2.75, 3.05) is 0 Å². The zero-order valence-electron chi connectivity index (χ0n) is 14.2. The van der Waals surface area contributed by atoms with Gasteiger partial charge in [-0.2, -0.15) is 13.2 Å². The van der Waals surface area contributed by atoms with Crippen LogP contribution in [0.5, 0.6) is 0 Å². The first-order valence-corrected chi connectivity index (χ1v) is 8.20. The number of alkyl halides is 3. The van der Waals surface area contributed by atoms with E-state index in [1.807, 2.05) is 18.2 Å². The highest BCUT2D eigenvalue weighted by Crippen LogP contribution is 2.32. The van der Waals surface area contributed by atoms with Crippen molar-refractivity contribution in [1.29, 1.82) is 0 Å². The van der Waals surface area contributed by atoms with E-state index >= 15 is 0 Å². The molecule has 28 heavy (non-hydrogen) atoms. The Bertz CT molecular complexity index is 1110. The second-order valence-electron chi connectivity index (χ2n) is 5.95. The van der Waals surface area contributed by atoms with Crippen LogP contribution in [0, 0.1) is 0 Å². The molecule has 2 aromatic heterocycles. The smallest absolute Gasteiger partial charge is 0.417 e. The van der Waals surface area contributed by atoms with E-state index in [1.54, 1.807) is 12.1 Å². The van der Waals surface area contributed by atoms with Gasteiger partial charge < -0.3 is 13.7 Å². The van der Waals surface area contributed by atoms with E-state index in [1.165, 1.54) is 18.2 Å². The van der Waals surface area contributed by atoms with Crippen molar-refractivity contribution in [2.45, 2.75) is 12.8 Å². The third-order valence-electron chi connectivity index (χ3n) is 4.03. The molecule has 0 amide bonds. The Labute approximate surface area is 156 Å². The van der Waals surface area contributed by atoms with Crippen LogP contribution in [0.25, 0.3) is 22.5 Å². The van der Waals surface area contributed by atoms with Gasteiger partial charge in [-0.1, -0.05) is 35.5 Å². The average molecular weight is 387 g/mol. The number of halogens is 3. The summed E-state index contributed by atoms with van der Waals surface area (Å²) in [6, 6.07) is 15.1. The lowest BCUT2D eigenvalue weighted by atomic mass is 10.1. The van der Waals surface area contributed by atoms with Crippen molar-refractivity contribution in [3.63, 3.8) is 0 Å². The zero-order chi connectivity index (χ0) is 19.7. The van der Waals surface area contributed by atoms with Crippen LogP contribution in [0.2, 0.25) is 0 Å². The molecule has 0 bridgehead atoms. The van der Waals surface area contributed by atoms with E-state index in [2.05, 4.69) is 5.16 Å². The molecule has 0 aliphatic rings. The van der Waals surface area contributed by atoms with Crippen molar-refractivity contribution < 1.29 is 31.6 Å². The molecule has 0 spiro atoms. The highest BCUT2D eigenvalue weighted by atomic mass is 19.4. The van der Waals surface area contributed by atoms with Crippen LogP contribution in [0.3, 0.4) is 0 Å². The fourth-order valence-electron chi connectivity index (χ4n) is 2.72. The van der Waals surface area contributed by atoms with Gasteiger partial charge in [-0.05, 0) is 24.3 Å². The Kier molecular flexibility index (Phi) is 4.38. The molecule has 0 unspecified atom stereocenters. The summed E-state index contributed by atoms with van der Waals surface area (Å²) in [6.07, 6.45) is -4.65.